The third-order valence-electron chi connectivity index (χ3n) is 13.4. The molecule has 0 aliphatic carbocycles. The Morgan fingerprint density at radius 3 is 0.821 bits per heavy atom. The molecule has 78 heavy (non-hydrogen) atoms. The van der Waals surface area contributed by atoms with Crippen molar-refractivity contribution in [1.29, 1.82) is 0 Å². The smallest absolute Gasteiger partial charge is 0.306 e. The van der Waals surface area contributed by atoms with Crippen molar-refractivity contribution in [2.75, 3.05) is 13.2 Å². The predicted octanol–water partition coefficient (Wildman–Crippen LogP) is 22.2. The van der Waals surface area contributed by atoms with E-state index in [4.69, 9.17) is 14.2 Å². The molecule has 0 saturated carbocycles. The van der Waals surface area contributed by atoms with E-state index in [1.807, 2.05) is 0 Å². The summed E-state index contributed by atoms with van der Waals surface area (Å²) in [5, 5.41) is 0. The zero-order valence-corrected chi connectivity index (χ0v) is 50.6. The Morgan fingerprint density at radius 2 is 0.500 bits per heavy atom. The largest absolute Gasteiger partial charge is 0.462 e. The minimum Gasteiger partial charge on any atom is -0.462 e. The number of carbonyl (C=O) groups excluding carboxylic acids is 3. The zero-order chi connectivity index (χ0) is 56.4. The van der Waals surface area contributed by atoms with Crippen LogP contribution in [0.25, 0.3) is 0 Å². The molecule has 0 aliphatic heterocycles. The first kappa shape index (κ1) is 73.5. The molecular weight excluding hydrogens is 961 g/mol. The Hall–Kier alpha value is -4.45. The molecule has 1 atom stereocenters. The number of unbranched alkanes of at least 4 members (excludes halogenated alkanes) is 24. The van der Waals surface area contributed by atoms with Crippen LogP contribution in [-0.4, -0.2) is 37.2 Å². The van der Waals surface area contributed by atoms with Gasteiger partial charge in [0.2, 0.25) is 0 Å². The fourth-order valence-corrected chi connectivity index (χ4v) is 8.58. The van der Waals surface area contributed by atoms with Crippen molar-refractivity contribution >= 4 is 17.9 Å². The van der Waals surface area contributed by atoms with Crippen LogP contribution in [0.4, 0.5) is 0 Å². The minimum atomic E-state index is -0.798. The molecule has 0 amide bonds. The molecule has 0 aromatic carbocycles. The summed E-state index contributed by atoms with van der Waals surface area (Å²) in [7, 11) is 0. The second kappa shape index (κ2) is 65.1. The van der Waals surface area contributed by atoms with Gasteiger partial charge in [-0.05, 0) is 122 Å². The molecule has 0 saturated heterocycles. The number of hydrogen-bond donors (Lipinski definition) is 0. The van der Waals surface area contributed by atoms with Gasteiger partial charge in [0.1, 0.15) is 13.2 Å². The standard InChI is InChI=1S/C72H118O6/c1-4-7-10-13-16-18-20-22-24-26-28-30-31-32-33-34-35-36-37-38-39-40-41-43-44-46-48-50-52-54-56-59-62-65-71(74)77-68-69(67-76-70(73)64-61-58-15-12-9-6-3)78-72(75)66-63-60-57-55-53-51-49-47-45-42-29-27-25-23-21-19-17-14-11-8-5-2/h7,10,16,18,22,24,27-30,32-33,35-36,38-39,41,43,46,48,52,54,69H,4-6,8-9,11-15,17,19-21,23,25-26,31,34,37,40,42,44-45,47,49-51,53,55-68H2,1-3H3/b10-7-,18-16-,24-22-,29-27-,30-28-,33-32-,36-35-,39-38-,43-41-,48-46-,54-52-. The lowest BCUT2D eigenvalue weighted by molar-refractivity contribution is -0.167. The topological polar surface area (TPSA) is 78.9 Å². The van der Waals surface area contributed by atoms with Crippen LogP contribution in [-0.2, 0) is 28.6 Å². The van der Waals surface area contributed by atoms with E-state index in [1.54, 1.807) is 0 Å². The predicted molar refractivity (Wildman–Crippen MR) is 339 cm³/mol. The van der Waals surface area contributed by atoms with E-state index in [0.717, 1.165) is 116 Å². The normalized spacial score (nSPS) is 13.0. The highest BCUT2D eigenvalue weighted by Crippen LogP contribution is 2.15. The second-order valence-electron chi connectivity index (χ2n) is 20.9. The van der Waals surface area contributed by atoms with Crippen LogP contribution in [0.2, 0.25) is 0 Å². The number of allylic oxidation sites excluding steroid dienone is 22. The molecule has 442 valence electrons. The van der Waals surface area contributed by atoms with Gasteiger partial charge in [-0.3, -0.25) is 14.4 Å². The summed E-state index contributed by atoms with van der Waals surface area (Å²) in [6, 6.07) is 0. The molecule has 0 rings (SSSR count). The van der Waals surface area contributed by atoms with Gasteiger partial charge in [-0.2, -0.15) is 0 Å². The van der Waals surface area contributed by atoms with Crippen LogP contribution in [0.5, 0.6) is 0 Å². The van der Waals surface area contributed by atoms with Crippen molar-refractivity contribution < 1.29 is 28.6 Å². The van der Waals surface area contributed by atoms with Crippen molar-refractivity contribution in [3.63, 3.8) is 0 Å². The number of carbonyl (C=O) groups is 3. The molecular formula is C72H118O6. The number of esters is 3. The van der Waals surface area contributed by atoms with Crippen LogP contribution in [0.3, 0.4) is 0 Å². The maximum Gasteiger partial charge on any atom is 0.306 e. The molecule has 0 radical (unpaired) electrons. The number of rotatable bonds is 57. The van der Waals surface area contributed by atoms with Crippen LogP contribution < -0.4 is 0 Å². The monoisotopic (exact) mass is 1080 g/mol. The minimum absolute atomic E-state index is 0.0948. The summed E-state index contributed by atoms with van der Waals surface area (Å²) in [6.45, 7) is 6.43. The van der Waals surface area contributed by atoms with E-state index in [0.29, 0.717) is 25.7 Å². The maximum atomic E-state index is 12.8. The van der Waals surface area contributed by atoms with Gasteiger partial charge in [-0.25, -0.2) is 0 Å². The Labute approximate surface area is 481 Å². The van der Waals surface area contributed by atoms with E-state index in [-0.39, 0.29) is 31.1 Å². The number of hydrogen-bond acceptors (Lipinski definition) is 6. The first-order valence-electron chi connectivity index (χ1n) is 32.2. The van der Waals surface area contributed by atoms with Crippen molar-refractivity contribution in [3.05, 3.63) is 134 Å². The molecule has 6 nitrogen and oxygen atoms in total. The first-order valence-corrected chi connectivity index (χ1v) is 32.2. The van der Waals surface area contributed by atoms with Crippen molar-refractivity contribution in [1.82, 2.24) is 0 Å². The SMILES string of the molecule is CC/C=C\C/C=C\C/C=C\C/C=C\C/C=C\C/C=C\C/C=C\C/C=C\C/C=C\C/C=C\CCCCC(=O)OCC(COC(=O)CCCCCCCC)OC(=O)CCCCCCCCCCC/C=C\CCCCCCCCCC. The molecule has 0 heterocycles. The molecule has 0 fully saturated rings. The summed E-state index contributed by atoms with van der Waals surface area (Å²) < 4.78 is 16.8. The lowest BCUT2D eigenvalue weighted by atomic mass is 10.1. The van der Waals surface area contributed by atoms with Gasteiger partial charge in [0.25, 0.3) is 0 Å². The van der Waals surface area contributed by atoms with Gasteiger partial charge >= 0.3 is 17.9 Å². The molecule has 6 heteroatoms. The molecule has 0 aliphatic rings. The lowest BCUT2D eigenvalue weighted by Crippen LogP contribution is -2.30. The van der Waals surface area contributed by atoms with Crippen molar-refractivity contribution in [3.8, 4) is 0 Å². The Morgan fingerprint density at radius 1 is 0.269 bits per heavy atom. The van der Waals surface area contributed by atoms with Gasteiger partial charge in [0, 0.05) is 19.3 Å². The van der Waals surface area contributed by atoms with Gasteiger partial charge in [0.05, 0.1) is 0 Å². The molecule has 0 bridgehead atoms. The van der Waals surface area contributed by atoms with E-state index in [2.05, 4.69) is 154 Å². The molecule has 0 spiro atoms. The van der Waals surface area contributed by atoms with Crippen molar-refractivity contribution in [2.45, 2.75) is 290 Å². The lowest BCUT2D eigenvalue weighted by Gasteiger charge is -2.18. The summed E-state index contributed by atoms with van der Waals surface area (Å²) in [4.78, 5) is 38.0. The summed E-state index contributed by atoms with van der Waals surface area (Å²) in [5.41, 5.74) is 0. The zero-order valence-electron chi connectivity index (χ0n) is 50.6. The van der Waals surface area contributed by atoms with E-state index in [1.165, 1.54) is 122 Å². The number of ether oxygens (including phenoxy) is 3. The average molecular weight is 1080 g/mol. The Balaban J connectivity index is 4.21. The average Bonchev–Trinajstić information content (AvgIpc) is 3.44. The molecule has 0 aromatic heterocycles. The van der Waals surface area contributed by atoms with Crippen LogP contribution >= 0.6 is 0 Å². The highest BCUT2D eigenvalue weighted by Gasteiger charge is 2.19. The quantitative estimate of drug-likeness (QED) is 0.0261. The Bertz CT molecular complexity index is 1670. The summed E-state index contributed by atoms with van der Waals surface area (Å²) in [5.74, 6) is -0.952. The van der Waals surface area contributed by atoms with Gasteiger partial charge in [-0.15, -0.1) is 0 Å². The molecule has 1 unspecified atom stereocenters. The summed E-state index contributed by atoms with van der Waals surface area (Å²) >= 11 is 0. The highest BCUT2D eigenvalue weighted by atomic mass is 16.6. The fourth-order valence-electron chi connectivity index (χ4n) is 8.58. The Kier molecular flexibility index (Phi) is 61.4. The van der Waals surface area contributed by atoms with E-state index < -0.39 is 6.10 Å². The maximum absolute atomic E-state index is 12.8. The van der Waals surface area contributed by atoms with Crippen LogP contribution in [0.1, 0.15) is 284 Å². The third-order valence-corrected chi connectivity index (χ3v) is 13.4. The van der Waals surface area contributed by atoms with Gasteiger partial charge < -0.3 is 14.2 Å². The van der Waals surface area contributed by atoms with Crippen LogP contribution in [0.15, 0.2) is 134 Å². The molecule has 0 aromatic rings. The highest BCUT2D eigenvalue weighted by molar-refractivity contribution is 5.71. The third kappa shape index (κ3) is 62.4. The molecule has 0 N–H and O–H groups in total. The van der Waals surface area contributed by atoms with Gasteiger partial charge in [0.15, 0.2) is 6.10 Å². The van der Waals surface area contributed by atoms with Crippen LogP contribution in [0, 0.1) is 0 Å². The van der Waals surface area contributed by atoms with E-state index in [9.17, 15) is 14.4 Å². The fraction of sp³-hybridized carbons (Fsp3) is 0.653. The summed E-state index contributed by atoms with van der Waals surface area (Å²) in [6.07, 6.45) is 92.1. The van der Waals surface area contributed by atoms with Gasteiger partial charge in [-0.1, -0.05) is 276 Å². The van der Waals surface area contributed by atoms with E-state index >= 15 is 0 Å². The van der Waals surface area contributed by atoms with Crippen molar-refractivity contribution in [2.24, 2.45) is 0 Å². The second-order valence-corrected chi connectivity index (χ2v) is 20.9. The first-order chi connectivity index (χ1) is 38.5.